The Morgan fingerprint density at radius 1 is 1.14 bits per heavy atom. The standard InChI is InChI=1S/C29H31F4N3O6.Na/c1-17(2)26-24(12-11-21(37)14-22(38)15-25(39)40)36(20-9-7-19(30)8-10-20)34-27(26)28(41)35(3)16-18-5-4-6-23(13-18)42-29(31,32)33;/h4-13,17,21-22,37-38H,14-16H2,1-3H3,(H,39,40);/q;+1/p-1/b12-11+;/t21-,22-;/m1./s1. The van der Waals surface area contributed by atoms with Gasteiger partial charge in [-0.3, -0.25) is 4.79 Å². The van der Waals surface area contributed by atoms with Crippen molar-refractivity contribution in [3.8, 4) is 11.4 Å². The van der Waals surface area contributed by atoms with E-state index in [1.807, 2.05) is 0 Å². The molecule has 14 heteroatoms. The van der Waals surface area contributed by atoms with Gasteiger partial charge in [-0.05, 0) is 54.0 Å². The number of aromatic nitrogens is 2. The number of rotatable bonds is 12. The normalized spacial score (nSPS) is 13.1. The summed E-state index contributed by atoms with van der Waals surface area (Å²) >= 11 is 0. The molecule has 2 aromatic carbocycles. The van der Waals surface area contributed by atoms with Crippen molar-refractivity contribution < 1.29 is 76.8 Å². The Hall–Kier alpha value is -3.23. The van der Waals surface area contributed by atoms with Crippen LogP contribution in [0.25, 0.3) is 11.8 Å². The molecule has 0 spiro atoms. The van der Waals surface area contributed by atoms with Gasteiger partial charge in [0.05, 0.1) is 23.6 Å². The van der Waals surface area contributed by atoms with Crippen molar-refractivity contribution in [2.75, 3.05) is 7.05 Å². The zero-order valence-corrected chi connectivity index (χ0v) is 26.0. The molecule has 1 heterocycles. The number of carbonyl (C=O) groups is 2. The van der Waals surface area contributed by atoms with E-state index < -0.39 is 48.4 Å². The van der Waals surface area contributed by atoms with E-state index in [0.29, 0.717) is 22.5 Å². The first-order valence-corrected chi connectivity index (χ1v) is 12.9. The third-order valence-corrected chi connectivity index (χ3v) is 6.10. The molecule has 0 aliphatic rings. The number of aliphatic hydroxyl groups is 2. The second-order valence-corrected chi connectivity index (χ2v) is 9.94. The maximum Gasteiger partial charge on any atom is 1.00 e. The van der Waals surface area contributed by atoms with Crippen molar-refractivity contribution in [2.45, 2.75) is 57.7 Å². The number of nitrogens with zero attached hydrogens (tertiary/aromatic N) is 3. The number of hydrogen-bond acceptors (Lipinski definition) is 7. The number of alkyl halides is 3. The third kappa shape index (κ3) is 10.5. The van der Waals surface area contributed by atoms with Crippen LogP contribution in [0, 0.1) is 5.82 Å². The van der Waals surface area contributed by atoms with E-state index in [0.717, 1.165) is 6.07 Å². The van der Waals surface area contributed by atoms with E-state index >= 15 is 0 Å². The summed E-state index contributed by atoms with van der Waals surface area (Å²) in [4.78, 5) is 25.6. The van der Waals surface area contributed by atoms with Gasteiger partial charge in [-0.15, -0.1) is 13.2 Å². The summed E-state index contributed by atoms with van der Waals surface area (Å²) in [5.74, 6) is -3.25. The fourth-order valence-electron chi connectivity index (χ4n) is 4.31. The van der Waals surface area contributed by atoms with Gasteiger partial charge < -0.3 is 29.8 Å². The number of ether oxygens (including phenoxy) is 1. The average Bonchev–Trinajstić information content (AvgIpc) is 3.25. The second-order valence-electron chi connectivity index (χ2n) is 9.94. The second kappa shape index (κ2) is 15.5. The van der Waals surface area contributed by atoms with E-state index in [1.165, 1.54) is 71.2 Å². The molecule has 9 nitrogen and oxygen atoms in total. The van der Waals surface area contributed by atoms with Gasteiger partial charge >= 0.3 is 35.9 Å². The minimum Gasteiger partial charge on any atom is -0.550 e. The minimum absolute atomic E-state index is 0. The number of carboxylic acids is 1. The zero-order valence-electron chi connectivity index (χ0n) is 24.0. The quantitative estimate of drug-likeness (QED) is 0.225. The molecule has 1 aromatic heterocycles. The molecule has 0 unspecified atom stereocenters. The molecule has 2 atom stereocenters. The summed E-state index contributed by atoms with van der Waals surface area (Å²) in [6.07, 6.45) is -5.66. The summed E-state index contributed by atoms with van der Waals surface area (Å²) in [5.41, 5.74) is 1.61. The number of carbonyl (C=O) groups excluding carboxylic acids is 2. The predicted molar refractivity (Wildman–Crippen MR) is 142 cm³/mol. The van der Waals surface area contributed by atoms with Crippen LogP contribution in [0.2, 0.25) is 0 Å². The van der Waals surface area contributed by atoms with Gasteiger partial charge in [0.15, 0.2) is 5.69 Å². The maximum absolute atomic E-state index is 13.7. The monoisotopic (exact) mass is 615 g/mol. The van der Waals surface area contributed by atoms with Crippen LogP contribution in [-0.2, 0) is 11.3 Å². The molecule has 0 saturated carbocycles. The molecular weight excluding hydrogens is 585 g/mol. The van der Waals surface area contributed by atoms with Crippen molar-refractivity contribution in [3.05, 3.63) is 82.9 Å². The van der Waals surface area contributed by atoms with Crippen LogP contribution in [0.15, 0.2) is 54.6 Å². The Labute approximate surface area is 267 Å². The van der Waals surface area contributed by atoms with E-state index in [4.69, 9.17) is 0 Å². The van der Waals surface area contributed by atoms with E-state index in [9.17, 15) is 42.5 Å². The van der Waals surface area contributed by atoms with Gasteiger partial charge in [-0.2, -0.15) is 5.10 Å². The molecule has 2 N–H and O–H groups in total. The Morgan fingerprint density at radius 2 is 1.79 bits per heavy atom. The smallest absolute Gasteiger partial charge is 0.550 e. The Kier molecular flexibility index (Phi) is 12.9. The number of aliphatic carboxylic acids is 1. The Balaban J connectivity index is 0.00000645. The fraction of sp³-hybridized carbons (Fsp3) is 0.345. The summed E-state index contributed by atoms with van der Waals surface area (Å²) in [6, 6.07) is 10.5. The molecule has 226 valence electrons. The minimum atomic E-state index is -4.87. The molecule has 43 heavy (non-hydrogen) atoms. The predicted octanol–water partition coefficient (Wildman–Crippen LogP) is 0.575. The molecule has 3 rings (SSSR count). The molecule has 0 radical (unpaired) electrons. The van der Waals surface area contributed by atoms with Crippen molar-refractivity contribution in [1.82, 2.24) is 14.7 Å². The van der Waals surface area contributed by atoms with Crippen molar-refractivity contribution in [2.24, 2.45) is 0 Å². The first-order chi connectivity index (χ1) is 19.6. The van der Waals surface area contributed by atoms with Crippen molar-refractivity contribution in [3.63, 3.8) is 0 Å². The molecule has 3 aromatic rings. The molecule has 0 fully saturated rings. The van der Waals surface area contributed by atoms with Crippen LogP contribution < -0.4 is 39.4 Å². The molecular formula is C29H30F4N3NaO6. The molecule has 0 aliphatic heterocycles. The number of hydrogen-bond donors (Lipinski definition) is 2. The summed E-state index contributed by atoms with van der Waals surface area (Å²) < 4.78 is 57.0. The van der Waals surface area contributed by atoms with E-state index in [2.05, 4.69) is 9.84 Å². The third-order valence-electron chi connectivity index (χ3n) is 6.10. The van der Waals surface area contributed by atoms with Crippen LogP contribution >= 0.6 is 0 Å². The average molecular weight is 616 g/mol. The summed E-state index contributed by atoms with van der Waals surface area (Å²) in [5, 5.41) is 35.5. The first kappa shape index (κ1) is 36.0. The molecule has 1 amide bonds. The van der Waals surface area contributed by atoms with Gasteiger partial charge in [0.25, 0.3) is 5.91 Å². The Bertz CT molecular complexity index is 1430. The maximum atomic E-state index is 13.7. The van der Waals surface area contributed by atoms with Crippen LogP contribution in [0.4, 0.5) is 17.6 Å². The molecule has 0 bridgehead atoms. The van der Waals surface area contributed by atoms with Gasteiger partial charge in [0.1, 0.15) is 11.6 Å². The van der Waals surface area contributed by atoms with Gasteiger partial charge in [-0.1, -0.05) is 32.1 Å². The largest absolute Gasteiger partial charge is 1.00 e. The van der Waals surface area contributed by atoms with Crippen LogP contribution in [0.5, 0.6) is 5.75 Å². The van der Waals surface area contributed by atoms with Crippen LogP contribution in [-0.4, -0.2) is 62.4 Å². The van der Waals surface area contributed by atoms with Crippen LogP contribution in [0.1, 0.15) is 59.9 Å². The number of amides is 1. The summed E-state index contributed by atoms with van der Waals surface area (Å²) in [6.45, 7) is 3.53. The SMILES string of the molecule is CC(C)c1c(C(=O)N(C)Cc2cccc(OC(F)(F)F)c2)nn(-c2ccc(F)cc2)c1/C=C/[C@@H](O)C[C@@H](O)CC(=O)[O-].[Na+]. The first-order valence-electron chi connectivity index (χ1n) is 12.9. The Morgan fingerprint density at radius 3 is 2.37 bits per heavy atom. The number of halogens is 4. The number of benzene rings is 2. The number of aliphatic hydroxyl groups excluding tert-OH is 2. The van der Waals surface area contributed by atoms with E-state index in [-0.39, 0.29) is 54.1 Å². The van der Waals surface area contributed by atoms with Gasteiger partial charge in [-0.25, -0.2) is 9.07 Å². The van der Waals surface area contributed by atoms with Crippen LogP contribution in [0.3, 0.4) is 0 Å². The number of carboxylic acid groups (broad SMARTS) is 1. The molecule has 0 aliphatic carbocycles. The van der Waals surface area contributed by atoms with Gasteiger partial charge in [0.2, 0.25) is 0 Å². The van der Waals surface area contributed by atoms with Gasteiger partial charge in [0, 0.05) is 38.0 Å². The molecule has 0 saturated heterocycles. The van der Waals surface area contributed by atoms with Crippen molar-refractivity contribution in [1.29, 1.82) is 0 Å². The fourth-order valence-corrected chi connectivity index (χ4v) is 4.31. The zero-order chi connectivity index (χ0) is 31.2. The topological polar surface area (TPSA) is 128 Å². The van der Waals surface area contributed by atoms with Crippen molar-refractivity contribution >= 4 is 18.0 Å². The van der Waals surface area contributed by atoms with E-state index in [1.54, 1.807) is 13.8 Å². The summed E-state index contributed by atoms with van der Waals surface area (Å²) in [7, 11) is 1.46.